The number of hydrogen-bond donors (Lipinski definition) is 1. The molecule has 1 aromatic heterocycles. The van der Waals surface area contributed by atoms with Crippen LogP contribution >= 0.6 is 15.9 Å². The molecule has 0 aromatic carbocycles. The second-order valence-corrected chi connectivity index (χ2v) is 4.96. The summed E-state index contributed by atoms with van der Waals surface area (Å²) in [4.78, 5) is 0. The zero-order valence-corrected chi connectivity index (χ0v) is 10.8. The van der Waals surface area contributed by atoms with Crippen LogP contribution in [0.3, 0.4) is 0 Å². The second-order valence-electron chi connectivity index (χ2n) is 4.10. The Morgan fingerprint density at radius 1 is 1.60 bits per heavy atom. The van der Waals surface area contributed by atoms with E-state index in [1.54, 1.807) is 0 Å². The van der Waals surface area contributed by atoms with Crippen LogP contribution in [0.1, 0.15) is 44.3 Å². The van der Waals surface area contributed by atoms with E-state index in [1.807, 2.05) is 6.20 Å². The van der Waals surface area contributed by atoms with Crippen LogP contribution in [0.25, 0.3) is 0 Å². The largest absolute Gasteiger partial charge is 0.309 e. The first-order valence-corrected chi connectivity index (χ1v) is 6.56. The Hall–Kier alpha value is -0.350. The first-order valence-electron chi connectivity index (χ1n) is 5.77. The summed E-state index contributed by atoms with van der Waals surface area (Å²) in [5.74, 6) is 0. The van der Waals surface area contributed by atoms with Gasteiger partial charge >= 0.3 is 0 Å². The van der Waals surface area contributed by atoms with Crippen molar-refractivity contribution in [3.8, 4) is 0 Å². The average Bonchev–Trinajstić information content (AvgIpc) is 2.62. The molecule has 1 saturated heterocycles. The fraction of sp³-hybridized carbons (Fsp3) is 0.727. The molecule has 0 amide bonds. The quantitative estimate of drug-likeness (QED) is 0.917. The van der Waals surface area contributed by atoms with Crippen molar-refractivity contribution in [2.45, 2.75) is 45.2 Å². The number of piperidine rings is 1. The number of nitrogens with one attached hydrogen (secondary N) is 1. The lowest BCUT2D eigenvalue weighted by Crippen LogP contribution is -2.29. The lowest BCUT2D eigenvalue weighted by molar-refractivity contribution is 0.384. The first kappa shape index (κ1) is 11.1. The number of halogens is 1. The lowest BCUT2D eigenvalue weighted by Gasteiger charge is -2.24. The van der Waals surface area contributed by atoms with Crippen molar-refractivity contribution in [2.75, 3.05) is 6.54 Å². The van der Waals surface area contributed by atoms with Gasteiger partial charge in [-0.05, 0) is 41.7 Å². The summed E-state index contributed by atoms with van der Waals surface area (Å²) in [6.45, 7) is 4.33. The molecule has 2 rings (SSSR count). The molecule has 84 valence electrons. The van der Waals surface area contributed by atoms with Crippen molar-refractivity contribution in [2.24, 2.45) is 0 Å². The smallest absolute Gasteiger partial charge is 0.0695 e. The summed E-state index contributed by atoms with van der Waals surface area (Å²) in [6, 6.07) is 0.488. The molecule has 0 aliphatic carbocycles. The van der Waals surface area contributed by atoms with Gasteiger partial charge in [0.15, 0.2) is 0 Å². The van der Waals surface area contributed by atoms with Gasteiger partial charge in [0.05, 0.1) is 22.4 Å². The Labute approximate surface area is 99.4 Å². The fourth-order valence-electron chi connectivity index (χ4n) is 2.19. The van der Waals surface area contributed by atoms with Gasteiger partial charge in [-0.1, -0.05) is 13.3 Å². The van der Waals surface area contributed by atoms with Crippen molar-refractivity contribution >= 4 is 15.9 Å². The molecule has 0 spiro atoms. The van der Waals surface area contributed by atoms with E-state index < -0.39 is 0 Å². The van der Waals surface area contributed by atoms with Crippen LogP contribution in [0.2, 0.25) is 0 Å². The van der Waals surface area contributed by atoms with E-state index in [4.69, 9.17) is 0 Å². The molecule has 1 unspecified atom stereocenters. The minimum absolute atomic E-state index is 0.488. The summed E-state index contributed by atoms with van der Waals surface area (Å²) in [5, 5.41) is 7.98. The SMILES string of the molecule is CCCn1ncc(Br)c1C1CCCCN1. The predicted octanol–water partition coefficient (Wildman–Crippen LogP) is 2.87. The molecule has 1 fully saturated rings. The Kier molecular flexibility index (Phi) is 3.81. The highest BCUT2D eigenvalue weighted by atomic mass is 79.9. The van der Waals surface area contributed by atoms with E-state index in [2.05, 4.69) is 38.0 Å². The maximum Gasteiger partial charge on any atom is 0.0695 e. The highest BCUT2D eigenvalue weighted by Gasteiger charge is 2.21. The van der Waals surface area contributed by atoms with Crippen LogP contribution in [0.5, 0.6) is 0 Å². The number of aryl methyl sites for hydroxylation is 1. The van der Waals surface area contributed by atoms with Gasteiger partial charge in [0.25, 0.3) is 0 Å². The average molecular weight is 272 g/mol. The Morgan fingerprint density at radius 3 is 3.13 bits per heavy atom. The van der Waals surface area contributed by atoms with E-state index in [9.17, 15) is 0 Å². The molecule has 1 aliphatic heterocycles. The van der Waals surface area contributed by atoms with Crippen LogP contribution in [0, 0.1) is 0 Å². The molecular formula is C11H18BrN3. The minimum Gasteiger partial charge on any atom is -0.309 e. The van der Waals surface area contributed by atoms with E-state index in [0.29, 0.717) is 6.04 Å². The Morgan fingerprint density at radius 2 is 2.47 bits per heavy atom. The fourth-order valence-corrected chi connectivity index (χ4v) is 2.77. The van der Waals surface area contributed by atoms with Crippen LogP contribution in [-0.2, 0) is 6.54 Å². The molecule has 0 radical (unpaired) electrons. The van der Waals surface area contributed by atoms with E-state index >= 15 is 0 Å². The van der Waals surface area contributed by atoms with Crippen molar-refractivity contribution < 1.29 is 0 Å². The van der Waals surface area contributed by atoms with Gasteiger partial charge in [0.2, 0.25) is 0 Å². The van der Waals surface area contributed by atoms with Gasteiger partial charge < -0.3 is 5.32 Å². The van der Waals surface area contributed by atoms with Gasteiger partial charge in [-0.3, -0.25) is 4.68 Å². The summed E-state index contributed by atoms with van der Waals surface area (Å²) >= 11 is 3.60. The maximum atomic E-state index is 4.41. The molecular weight excluding hydrogens is 254 g/mol. The molecule has 0 saturated carbocycles. The van der Waals surface area contributed by atoms with Gasteiger partial charge in [0.1, 0.15) is 0 Å². The van der Waals surface area contributed by atoms with E-state index in [-0.39, 0.29) is 0 Å². The summed E-state index contributed by atoms with van der Waals surface area (Å²) in [7, 11) is 0. The molecule has 1 aliphatic rings. The zero-order valence-electron chi connectivity index (χ0n) is 9.17. The predicted molar refractivity (Wildman–Crippen MR) is 64.8 cm³/mol. The minimum atomic E-state index is 0.488. The monoisotopic (exact) mass is 271 g/mol. The van der Waals surface area contributed by atoms with Crippen molar-refractivity contribution in [1.82, 2.24) is 15.1 Å². The molecule has 0 bridgehead atoms. The van der Waals surface area contributed by atoms with Gasteiger partial charge in [-0.2, -0.15) is 5.10 Å². The number of nitrogens with zero attached hydrogens (tertiary/aromatic N) is 2. The summed E-state index contributed by atoms with van der Waals surface area (Å²) in [6.07, 6.45) is 6.90. The Bertz CT molecular complexity index is 316. The molecule has 1 N–H and O–H groups in total. The first-order chi connectivity index (χ1) is 7.33. The molecule has 1 aromatic rings. The zero-order chi connectivity index (χ0) is 10.7. The van der Waals surface area contributed by atoms with Gasteiger partial charge in [-0.25, -0.2) is 0 Å². The molecule has 1 atom stereocenters. The normalized spacial score (nSPS) is 21.9. The van der Waals surface area contributed by atoms with Gasteiger partial charge in [-0.15, -0.1) is 0 Å². The standard InChI is InChI=1S/C11H18BrN3/c1-2-7-15-11(9(12)8-14-15)10-5-3-4-6-13-10/h8,10,13H,2-7H2,1H3. The van der Waals surface area contributed by atoms with Crippen LogP contribution in [0.15, 0.2) is 10.7 Å². The van der Waals surface area contributed by atoms with Crippen molar-refractivity contribution in [3.63, 3.8) is 0 Å². The molecule has 3 nitrogen and oxygen atoms in total. The topological polar surface area (TPSA) is 29.9 Å². The third-order valence-corrected chi connectivity index (χ3v) is 3.52. The van der Waals surface area contributed by atoms with Crippen LogP contribution in [0.4, 0.5) is 0 Å². The molecule has 4 heteroatoms. The highest BCUT2D eigenvalue weighted by molar-refractivity contribution is 9.10. The summed E-state index contributed by atoms with van der Waals surface area (Å²) in [5.41, 5.74) is 1.33. The maximum absolute atomic E-state index is 4.41. The van der Waals surface area contributed by atoms with Crippen LogP contribution < -0.4 is 5.32 Å². The third kappa shape index (κ3) is 2.42. The van der Waals surface area contributed by atoms with Crippen molar-refractivity contribution in [3.05, 3.63) is 16.4 Å². The van der Waals surface area contributed by atoms with E-state index in [1.165, 1.54) is 25.0 Å². The number of aromatic nitrogens is 2. The highest BCUT2D eigenvalue weighted by Crippen LogP contribution is 2.29. The lowest BCUT2D eigenvalue weighted by atomic mass is 10.0. The Balaban J connectivity index is 2.19. The summed E-state index contributed by atoms with van der Waals surface area (Å²) < 4.78 is 3.28. The van der Waals surface area contributed by atoms with Crippen LogP contribution in [-0.4, -0.2) is 16.3 Å². The van der Waals surface area contributed by atoms with Gasteiger partial charge in [0, 0.05) is 6.54 Å². The molecule has 15 heavy (non-hydrogen) atoms. The number of rotatable bonds is 3. The van der Waals surface area contributed by atoms with Crippen molar-refractivity contribution in [1.29, 1.82) is 0 Å². The second kappa shape index (κ2) is 5.12. The third-order valence-electron chi connectivity index (χ3n) is 2.91. The van der Waals surface area contributed by atoms with E-state index in [0.717, 1.165) is 24.0 Å². The number of hydrogen-bond acceptors (Lipinski definition) is 2. The molecule has 2 heterocycles.